The van der Waals surface area contributed by atoms with E-state index in [9.17, 15) is 9.59 Å². The van der Waals surface area contributed by atoms with Crippen LogP contribution in [0.15, 0.2) is 57.0 Å². The number of carbonyl (C=O) groups is 1. The maximum absolute atomic E-state index is 13.0. The number of amides is 1. The van der Waals surface area contributed by atoms with Crippen LogP contribution in [0.2, 0.25) is 0 Å². The van der Waals surface area contributed by atoms with E-state index in [0.717, 1.165) is 19.4 Å². The minimum absolute atomic E-state index is 0.00721. The van der Waals surface area contributed by atoms with Crippen LogP contribution in [0.4, 0.5) is 0 Å². The van der Waals surface area contributed by atoms with Gasteiger partial charge in [-0.15, -0.1) is 0 Å². The Labute approximate surface area is 166 Å². The molecule has 7 nitrogen and oxygen atoms in total. The fourth-order valence-electron chi connectivity index (χ4n) is 3.19. The first-order chi connectivity index (χ1) is 13.7. The summed E-state index contributed by atoms with van der Waals surface area (Å²) in [6.45, 7) is 1.51. The van der Waals surface area contributed by atoms with E-state index in [-0.39, 0.29) is 23.3 Å². The van der Waals surface area contributed by atoms with Crippen LogP contribution >= 0.6 is 11.8 Å². The molecule has 0 bridgehead atoms. The van der Waals surface area contributed by atoms with Gasteiger partial charge in [-0.2, -0.15) is 0 Å². The van der Waals surface area contributed by atoms with Crippen molar-refractivity contribution in [2.45, 2.75) is 37.2 Å². The highest BCUT2D eigenvalue weighted by Gasteiger charge is 2.20. The Balaban J connectivity index is 1.52. The van der Waals surface area contributed by atoms with E-state index < -0.39 is 0 Å². The van der Waals surface area contributed by atoms with Crippen LogP contribution in [0.5, 0.6) is 0 Å². The Morgan fingerprint density at radius 2 is 2.18 bits per heavy atom. The molecule has 1 saturated heterocycles. The minimum Gasteiger partial charge on any atom is -0.467 e. The van der Waals surface area contributed by atoms with E-state index in [0.29, 0.717) is 34.9 Å². The first-order valence-corrected chi connectivity index (χ1v) is 10.2. The predicted molar refractivity (Wildman–Crippen MR) is 106 cm³/mol. The summed E-state index contributed by atoms with van der Waals surface area (Å²) in [6, 6.07) is 10.9. The number of benzene rings is 1. The van der Waals surface area contributed by atoms with Crippen molar-refractivity contribution in [1.82, 2.24) is 14.9 Å². The number of ether oxygens (including phenoxy) is 1. The summed E-state index contributed by atoms with van der Waals surface area (Å²) in [5.74, 6) is 0.710. The van der Waals surface area contributed by atoms with Gasteiger partial charge in [0.2, 0.25) is 5.91 Å². The molecule has 2 aromatic heterocycles. The number of fused-ring (bicyclic) bond motifs is 1. The molecule has 1 N–H and O–H groups in total. The Bertz CT molecular complexity index is 1010. The molecule has 4 rings (SSSR count). The highest BCUT2D eigenvalue weighted by atomic mass is 32.2. The zero-order valence-corrected chi connectivity index (χ0v) is 16.1. The van der Waals surface area contributed by atoms with Gasteiger partial charge in [0.1, 0.15) is 5.76 Å². The third-order valence-electron chi connectivity index (χ3n) is 4.61. The topological polar surface area (TPSA) is 86.4 Å². The number of nitrogens with zero attached hydrogens (tertiary/aromatic N) is 2. The van der Waals surface area contributed by atoms with Crippen LogP contribution < -0.4 is 10.9 Å². The molecule has 1 aromatic carbocycles. The molecular formula is C20H21N3O4S. The number of para-hydroxylation sites is 1. The standard InChI is InChI=1S/C20H21N3O4S/c24-18(21-11-14-5-3-9-26-14)13-28-20-22-17-8-2-1-7-16(17)19(25)23(20)12-15-6-4-10-27-15/h1-3,5,7-9,15H,4,6,10-13H2,(H,21,24)/t15-/m0/s1. The van der Waals surface area contributed by atoms with Gasteiger partial charge in [-0.05, 0) is 37.1 Å². The van der Waals surface area contributed by atoms with Gasteiger partial charge in [-0.25, -0.2) is 4.98 Å². The predicted octanol–water partition coefficient (Wildman–Crippen LogP) is 2.58. The number of carbonyl (C=O) groups excluding carboxylic acids is 1. The molecule has 1 atom stereocenters. The smallest absolute Gasteiger partial charge is 0.262 e. The Kier molecular flexibility index (Phi) is 5.78. The van der Waals surface area contributed by atoms with Gasteiger partial charge in [-0.1, -0.05) is 23.9 Å². The summed E-state index contributed by atoms with van der Waals surface area (Å²) in [5.41, 5.74) is 0.536. The molecule has 0 saturated carbocycles. The Morgan fingerprint density at radius 1 is 1.29 bits per heavy atom. The van der Waals surface area contributed by atoms with Gasteiger partial charge >= 0.3 is 0 Å². The lowest BCUT2D eigenvalue weighted by atomic mass is 10.2. The van der Waals surface area contributed by atoms with Gasteiger partial charge in [0.25, 0.3) is 5.56 Å². The summed E-state index contributed by atoms with van der Waals surface area (Å²) in [4.78, 5) is 29.8. The lowest BCUT2D eigenvalue weighted by Crippen LogP contribution is -2.30. The van der Waals surface area contributed by atoms with Crippen molar-refractivity contribution in [3.8, 4) is 0 Å². The number of thioether (sulfide) groups is 1. The molecular weight excluding hydrogens is 378 g/mol. The monoisotopic (exact) mass is 399 g/mol. The van der Waals surface area contributed by atoms with Crippen molar-refractivity contribution in [3.63, 3.8) is 0 Å². The van der Waals surface area contributed by atoms with Crippen molar-refractivity contribution < 1.29 is 13.9 Å². The van der Waals surface area contributed by atoms with Crippen LogP contribution in [0, 0.1) is 0 Å². The molecule has 1 fully saturated rings. The van der Waals surface area contributed by atoms with Crippen molar-refractivity contribution in [2.75, 3.05) is 12.4 Å². The molecule has 0 radical (unpaired) electrons. The van der Waals surface area contributed by atoms with E-state index in [2.05, 4.69) is 10.3 Å². The molecule has 3 heterocycles. The van der Waals surface area contributed by atoms with Crippen LogP contribution in [-0.4, -0.2) is 33.9 Å². The van der Waals surface area contributed by atoms with E-state index in [1.807, 2.05) is 18.2 Å². The van der Waals surface area contributed by atoms with E-state index in [4.69, 9.17) is 9.15 Å². The van der Waals surface area contributed by atoms with Gasteiger partial charge in [0, 0.05) is 6.61 Å². The van der Waals surface area contributed by atoms with Crippen LogP contribution in [0.1, 0.15) is 18.6 Å². The third kappa shape index (κ3) is 4.28. The largest absolute Gasteiger partial charge is 0.467 e. The summed E-state index contributed by atoms with van der Waals surface area (Å²) >= 11 is 1.26. The summed E-state index contributed by atoms with van der Waals surface area (Å²) < 4.78 is 12.6. The zero-order valence-electron chi connectivity index (χ0n) is 15.3. The maximum Gasteiger partial charge on any atom is 0.262 e. The summed E-state index contributed by atoms with van der Waals surface area (Å²) in [7, 11) is 0. The maximum atomic E-state index is 13.0. The number of nitrogens with one attached hydrogen (secondary N) is 1. The van der Waals surface area contributed by atoms with Gasteiger partial charge in [-0.3, -0.25) is 14.2 Å². The van der Waals surface area contributed by atoms with Crippen LogP contribution in [0.3, 0.4) is 0 Å². The molecule has 8 heteroatoms. The summed E-state index contributed by atoms with van der Waals surface area (Å²) in [5, 5.41) is 3.92. The minimum atomic E-state index is -0.146. The summed E-state index contributed by atoms with van der Waals surface area (Å²) in [6.07, 6.45) is 3.50. The van der Waals surface area contributed by atoms with E-state index in [1.165, 1.54) is 11.8 Å². The quantitative estimate of drug-likeness (QED) is 0.485. The average molecular weight is 399 g/mol. The molecule has 1 amide bonds. The highest BCUT2D eigenvalue weighted by Crippen LogP contribution is 2.21. The first-order valence-electron chi connectivity index (χ1n) is 9.24. The van der Waals surface area contributed by atoms with Gasteiger partial charge in [0.05, 0.1) is 42.1 Å². The van der Waals surface area contributed by atoms with E-state index >= 15 is 0 Å². The van der Waals surface area contributed by atoms with Crippen molar-refractivity contribution in [1.29, 1.82) is 0 Å². The highest BCUT2D eigenvalue weighted by molar-refractivity contribution is 7.99. The molecule has 1 aliphatic rings. The molecule has 146 valence electrons. The number of hydrogen-bond donors (Lipinski definition) is 1. The second-order valence-corrected chi connectivity index (χ2v) is 7.55. The first kappa shape index (κ1) is 18.8. The van der Waals surface area contributed by atoms with Crippen molar-refractivity contribution in [2.24, 2.45) is 0 Å². The van der Waals surface area contributed by atoms with Gasteiger partial charge in [0.15, 0.2) is 5.16 Å². The molecule has 0 spiro atoms. The lowest BCUT2D eigenvalue weighted by molar-refractivity contribution is -0.118. The zero-order chi connectivity index (χ0) is 19.3. The van der Waals surface area contributed by atoms with E-state index in [1.54, 1.807) is 29.0 Å². The van der Waals surface area contributed by atoms with Crippen LogP contribution in [-0.2, 0) is 22.6 Å². The van der Waals surface area contributed by atoms with Crippen molar-refractivity contribution >= 4 is 28.6 Å². The normalized spacial score (nSPS) is 16.5. The SMILES string of the molecule is O=C(CSc1nc2ccccc2c(=O)n1C[C@@H]1CCCO1)NCc1ccco1. The number of furan rings is 1. The third-order valence-corrected chi connectivity index (χ3v) is 5.59. The average Bonchev–Trinajstić information content (AvgIpc) is 3.41. The van der Waals surface area contributed by atoms with Gasteiger partial charge < -0.3 is 14.5 Å². The molecule has 0 unspecified atom stereocenters. The molecule has 1 aliphatic heterocycles. The second kappa shape index (κ2) is 8.62. The lowest BCUT2D eigenvalue weighted by Gasteiger charge is -2.16. The number of aromatic nitrogens is 2. The fourth-order valence-corrected chi connectivity index (χ4v) is 4.03. The fraction of sp³-hybridized carbons (Fsp3) is 0.350. The molecule has 3 aromatic rings. The number of rotatable bonds is 7. The number of hydrogen-bond acceptors (Lipinski definition) is 6. The van der Waals surface area contributed by atoms with Crippen LogP contribution in [0.25, 0.3) is 10.9 Å². The Hall–Kier alpha value is -2.58. The van der Waals surface area contributed by atoms with Crippen molar-refractivity contribution in [3.05, 3.63) is 58.8 Å². The Morgan fingerprint density at radius 3 is 2.96 bits per heavy atom. The molecule has 0 aliphatic carbocycles. The molecule has 28 heavy (non-hydrogen) atoms. The second-order valence-electron chi connectivity index (χ2n) is 6.61.